The zero-order chi connectivity index (χ0) is 33.4. The number of phenolic OH excluding ortho intramolecular Hbond substituents is 2. The molecule has 2 aliphatic rings. The fourth-order valence-electron chi connectivity index (χ4n) is 5.28. The van der Waals surface area contributed by atoms with Gasteiger partial charge in [-0.25, -0.2) is 0 Å². The maximum absolute atomic E-state index is 14.1. The number of aromatic hydroxyl groups is 2. The minimum absolute atomic E-state index is 0.0208. The zero-order valence-corrected chi connectivity index (χ0v) is 24.4. The fourth-order valence-corrected chi connectivity index (χ4v) is 5.28. The first-order chi connectivity index (χ1) is 21.9. The summed E-state index contributed by atoms with van der Waals surface area (Å²) < 4.78 is 39.1. The Labute approximate surface area is 259 Å². The molecule has 10 atom stereocenters. The van der Waals surface area contributed by atoms with Crippen LogP contribution >= 0.6 is 0 Å². The van der Waals surface area contributed by atoms with E-state index in [9.17, 15) is 50.8 Å². The molecule has 0 aliphatic carbocycles. The van der Waals surface area contributed by atoms with Gasteiger partial charge in [0.15, 0.2) is 29.7 Å². The molecule has 5 rings (SSSR count). The molecule has 0 amide bonds. The van der Waals surface area contributed by atoms with Gasteiger partial charge in [0.1, 0.15) is 59.4 Å². The summed E-state index contributed by atoms with van der Waals surface area (Å²) in [5, 5.41) is 92.4. The molecule has 2 aliphatic heterocycles. The van der Waals surface area contributed by atoms with E-state index in [2.05, 4.69) is 0 Å². The number of aliphatic hydroxyl groups is 7. The van der Waals surface area contributed by atoms with Gasteiger partial charge in [-0.15, -0.1) is 0 Å². The van der Waals surface area contributed by atoms with Gasteiger partial charge < -0.3 is 78.8 Å². The van der Waals surface area contributed by atoms with Crippen LogP contribution in [0.2, 0.25) is 0 Å². The molecule has 0 saturated carbocycles. The second kappa shape index (κ2) is 13.5. The molecule has 0 unspecified atom stereocenters. The number of rotatable bonds is 9. The van der Waals surface area contributed by atoms with Crippen LogP contribution in [0.3, 0.4) is 0 Å². The monoisotopic (exact) mass is 654 g/mol. The Balaban J connectivity index is 1.64. The van der Waals surface area contributed by atoms with Crippen molar-refractivity contribution in [3.05, 3.63) is 40.6 Å². The second-order valence-electron chi connectivity index (χ2n) is 10.6. The van der Waals surface area contributed by atoms with Crippen LogP contribution in [-0.2, 0) is 14.2 Å². The van der Waals surface area contributed by atoms with E-state index < -0.39 is 96.9 Å². The topological polar surface area (TPSA) is 268 Å². The summed E-state index contributed by atoms with van der Waals surface area (Å²) in [6, 6.07) is 6.63. The molecular formula is C29H34O17. The van der Waals surface area contributed by atoms with Gasteiger partial charge in [-0.1, -0.05) is 0 Å². The number of benzene rings is 2. The average molecular weight is 655 g/mol. The minimum atomic E-state index is -1.94. The predicted octanol–water partition coefficient (Wildman–Crippen LogP) is -2.11. The first-order valence-corrected chi connectivity index (χ1v) is 13.9. The van der Waals surface area contributed by atoms with Crippen LogP contribution in [0.1, 0.15) is 0 Å². The van der Waals surface area contributed by atoms with E-state index in [-0.39, 0.29) is 34.2 Å². The number of ether oxygens (including phenoxy) is 6. The first-order valence-electron chi connectivity index (χ1n) is 13.9. The van der Waals surface area contributed by atoms with Gasteiger partial charge in [-0.05, 0) is 24.3 Å². The van der Waals surface area contributed by atoms with Crippen molar-refractivity contribution in [1.29, 1.82) is 0 Å². The molecule has 0 spiro atoms. The second-order valence-corrected chi connectivity index (χ2v) is 10.6. The SMILES string of the molecule is COc1cc2oc(-c3ccc(O)cc3)c(O[C@@H]3O[C@H](CO)[C@H](O)[C@H](O)[C@H]3O[C@@H]3O[C@H](CO)[C@H](O)[C@H](O)[C@H]3O)c(=O)c2c(O)c1OC. The number of methoxy groups -OCH3 is 2. The highest BCUT2D eigenvalue weighted by molar-refractivity contribution is 5.91. The average Bonchev–Trinajstić information content (AvgIpc) is 3.05. The summed E-state index contributed by atoms with van der Waals surface area (Å²) in [5.74, 6) is -1.87. The lowest BCUT2D eigenvalue weighted by atomic mass is 9.97. The van der Waals surface area contributed by atoms with Crippen LogP contribution in [0, 0.1) is 0 Å². The van der Waals surface area contributed by atoms with E-state index in [1.54, 1.807) is 0 Å². The van der Waals surface area contributed by atoms with Crippen LogP contribution in [0.25, 0.3) is 22.3 Å². The lowest BCUT2D eigenvalue weighted by Crippen LogP contribution is -2.65. The van der Waals surface area contributed by atoms with Crippen LogP contribution in [-0.4, -0.2) is 135 Å². The first kappa shape index (κ1) is 33.6. The van der Waals surface area contributed by atoms with Gasteiger partial charge in [-0.3, -0.25) is 4.79 Å². The smallest absolute Gasteiger partial charge is 0.239 e. The number of hydrogen-bond acceptors (Lipinski definition) is 17. The van der Waals surface area contributed by atoms with Crippen molar-refractivity contribution in [3.8, 4) is 40.1 Å². The summed E-state index contributed by atoms with van der Waals surface area (Å²) in [6.45, 7) is -1.63. The Morgan fingerprint density at radius 1 is 0.761 bits per heavy atom. The quantitative estimate of drug-likeness (QED) is 0.119. The summed E-state index contributed by atoms with van der Waals surface area (Å²) in [5.41, 5.74) is -0.973. The highest BCUT2D eigenvalue weighted by Crippen LogP contribution is 2.44. The van der Waals surface area contributed by atoms with Crippen LogP contribution in [0.4, 0.5) is 0 Å². The Hall–Kier alpha value is -3.75. The van der Waals surface area contributed by atoms with E-state index in [0.717, 1.165) is 0 Å². The lowest BCUT2D eigenvalue weighted by molar-refractivity contribution is -0.358. The van der Waals surface area contributed by atoms with Gasteiger partial charge in [-0.2, -0.15) is 0 Å². The molecule has 2 fully saturated rings. The van der Waals surface area contributed by atoms with E-state index in [4.69, 9.17) is 32.8 Å². The molecule has 3 aromatic rings. The Bertz CT molecular complexity index is 1570. The third-order valence-corrected chi connectivity index (χ3v) is 7.79. The normalized spacial score (nSPS) is 31.5. The van der Waals surface area contributed by atoms with Gasteiger partial charge in [0.05, 0.1) is 27.4 Å². The molecule has 252 valence electrons. The molecule has 3 heterocycles. The van der Waals surface area contributed by atoms with Crippen LogP contribution in [0.5, 0.6) is 28.7 Å². The fraction of sp³-hybridized carbons (Fsp3) is 0.483. The summed E-state index contributed by atoms with van der Waals surface area (Å²) in [6.07, 6.45) is -17.7. The number of aliphatic hydroxyl groups excluding tert-OH is 7. The third-order valence-electron chi connectivity index (χ3n) is 7.79. The lowest BCUT2D eigenvalue weighted by Gasteiger charge is -2.45. The van der Waals surface area contributed by atoms with Crippen molar-refractivity contribution in [2.45, 2.75) is 61.4 Å². The Morgan fingerprint density at radius 3 is 1.96 bits per heavy atom. The van der Waals surface area contributed by atoms with Gasteiger partial charge in [0.2, 0.25) is 23.2 Å². The standard InChI is InChI=1S/C29H34O17/c1-40-13-7-12-16(19(35)25(13)41-2)20(36)26(24(42-12)10-3-5-11(32)6-4-10)45-29-27(22(38)18(34)15(9-31)44-29)46-28-23(39)21(37)17(33)14(8-30)43-28/h3-7,14-15,17-18,21-23,27-35,37-39H,8-9H2,1-2H3/t14-,15-,17+,18+,21+,22+,23-,27-,28+,29+/m1/s1. The number of phenols is 2. The molecule has 17 heteroatoms. The number of hydrogen-bond donors (Lipinski definition) is 9. The van der Waals surface area contributed by atoms with Gasteiger partial charge in [0, 0.05) is 11.6 Å². The summed E-state index contributed by atoms with van der Waals surface area (Å²) in [7, 11) is 2.53. The van der Waals surface area contributed by atoms with E-state index >= 15 is 0 Å². The molecule has 0 bridgehead atoms. The van der Waals surface area contributed by atoms with Gasteiger partial charge in [0.25, 0.3) is 0 Å². The van der Waals surface area contributed by atoms with Crippen molar-refractivity contribution in [3.63, 3.8) is 0 Å². The highest BCUT2D eigenvalue weighted by atomic mass is 16.8. The predicted molar refractivity (Wildman–Crippen MR) is 151 cm³/mol. The van der Waals surface area contributed by atoms with Crippen LogP contribution < -0.4 is 19.6 Å². The van der Waals surface area contributed by atoms with E-state index in [1.165, 1.54) is 44.6 Å². The maximum atomic E-state index is 14.1. The van der Waals surface area contributed by atoms with Crippen molar-refractivity contribution in [2.24, 2.45) is 0 Å². The van der Waals surface area contributed by atoms with Crippen molar-refractivity contribution in [2.75, 3.05) is 27.4 Å². The van der Waals surface area contributed by atoms with Crippen molar-refractivity contribution < 1.29 is 78.8 Å². The maximum Gasteiger partial charge on any atom is 0.239 e. The highest BCUT2D eigenvalue weighted by Gasteiger charge is 2.51. The molecule has 0 radical (unpaired) electrons. The molecule has 46 heavy (non-hydrogen) atoms. The summed E-state index contributed by atoms with van der Waals surface area (Å²) in [4.78, 5) is 14.1. The Kier molecular flexibility index (Phi) is 9.89. The molecule has 2 saturated heterocycles. The molecular weight excluding hydrogens is 620 g/mol. The Morgan fingerprint density at radius 2 is 1.37 bits per heavy atom. The molecule has 9 N–H and O–H groups in total. The largest absolute Gasteiger partial charge is 0.508 e. The zero-order valence-electron chi connectivity index (χ0n) is 24.4. The number of fused-ring (bicyclic) bond motifs is 1. The van der Waals surface area contributed by atoms with E-state index in [0.29, 0.717) is 0 Å². The van der Waals surface area contributed by atoms with E-state index in [1.807, 2.05) is 0 Å². The minimum Gasteiger partial charge on any atom is -0.508 e. The molecule has 17 nitrogen and oxygen atoms in total. The van der Waals surface area contributed by atoms with Crippen molar-refractivity contribution in [1.82, 2.24) is 0 Å². The van der Waals surface area contributed by atoms with Crippen molar-refractivity contribution >= 4 is 11.0 Å². The molecule has 1 aromatic heterocycles. The summed E-state index contributed by atoms with van der Waals surface area (Å²) >= 11 is 0. The molecule has 2 aromatic carbocycles. The third kappa shape index (κ3) is 5.93. The van der Waals surface area contributed by atoms with Gasteiger partial charge >= 0.3 is 0 Å². The van der Waals surface area contributed by atoms with Crippen LogP contribution in [0.15, 0.2) is 39.5 Å².